The van der Waals surface area contributed by atoms with E-state index < -0.39 is 0 Å². The molecular formula is C18H30N2S. The van der Waals surface area contributed by atoms with Gasteiger partial charge < -0.3 is 5.73 Å². The number of hydrogen-bond donors (Lipinski definition) is 1. The molecule has 2 nitrogen and oxygen atoms in total. The summed E-state index contributed by atoms with van der Waals surface area (Å²) in [5, 5.41) is 0.688. The van der Waals surface area contributed by atoms with Gasteiger partial charge in [0, 0.05) is 36.2 Å². The van der Waals surface area contributed by atoms with E-state index in [2.05, 4.69) is 68.6 Å². The summed E-state index contributed by atoms with van der Waals surface area (Å²) >= 11 is 2.08. The maximum atomic E-state index is 6.11. The van der Waals surface area contributed by atoms with Crippen LogP contribution in [0.5, 0.6) is 0 Å². The second-order valence-corrected chi connectivity index (χ2v) is 8.13. The van der Waals surface area contributed by atoms with Crippen LogP contribution in [0, 0.1) is 5.92 Å². The molecule has 1 heterocycles. The first-order valence-electron chi connectivity index (χ1n) is 8.19. The first-order chi connectivity index (χ1) is 10.0. The maximum Gasteiger partial charge on any atom is 0.0474 e. The molecule has 0 amide bonds. The van der Waals surface area contributed by atoms with Crippen LogP contribution in [0.4, 0.5) is 0 Å². The second kappa shape index (κ2) is 7.66. The predicted octanol–water partition coefficient (Wildman–Crippen LogP) is 3.71. The summed E-state index contributed by atoms with van der Waals surface area (Å²) in [6, 6.07) is 10.1. The largest absolute Gasteiger partial charge is 0.329 e. The number of nitrogens with zero attached hydrogens (tertiary/aromatic N) is 1. The monoisotopic (exact) mass is 306 g/mol. The van der Waals surface area contributed by atoms with Gasteiger partial charge >= 0.3 is 0 Å². The second-order valence-electron chi connectivity index (χ2n) is 6.65. The quantitative estimate of drug-likeness (QED) is 0.899. The van der Waals surface area contributed by atoms with E-state index in [1.54, 1.807) is 0 Å². The molecule has 1 saturated heterocycles. The summed E-state index contributed by atoms with van der Waals surface area (Å²) in [5.41, 5.74) is 8.92. The Kier molecular flexibility index (Phi) is 6.15. The Labute approximate surface area is 134 Å². The van der Waals surface area contributed by atoms with E-state index in [1.165, 1.54) is 16.9 Å². The third kappa shape index (κ3) is 4.24. The Morgan fingerprint density at radius 3 is 2.48 bits per heavy atom. The van der Waals surface area contributed by atoms with Crippen molar-refractivity contribution in [2.45, 2.75) is 51.4 Å². The standard InChI is InChI=1S/C18H30N2S/c1-13(2)11-16-5-7-17(8-6-16)18(12-19)20-9-10-21-15(4)14(20)3/h5-8,13-15,18H,9-12,19H2,1-4H3. The van der Waals surface area contributed by atoms with Crippen LogP contribution >= 0.6 is 11.8 Å². The molecular weight excluding hydrogens is 276 g/mol. The molecule has 0 saturated carbocycles. The molecule has 0 spiro atoms. The molecule has 1 aromatic carbocycles. The molecule has 1 fully saturated rings. The summed E-state index contributed by atoms with van der Waals surface area (Å²) in [5.74, 6) is 1.93. The molecule has 21 heavy (non-hydrogen) atoms. The summed E-state index contributed by atoms with van der Waals surface area (Å²) in [6.45, 7) is 11.1. The van der Waals surface area contributed by atoms with Gasteiger partial charge in [0.05, 0.1) is 0 Å². The SMILES string of the molecule is CC(C)Cc1ccc(C(CN)N2CCSC(C)C2C)cc1. The van der Waals surface area contributed by atoms with Gasteiger partial charge in [-0.2, -0.15) is 11.8 Å². The van der Waals surface area contributed by atoms with Crippen LogP contribution in [-0.4, -0.2) is 35.0 Å². The van der Waals surface area contributed by atoms with Gasteiger partial charge in [-0.3, -0.25) is 4.90 Å². The highest BCUT2D eigenvalue weighted by molar-refractivity contribution is 8.00. The molecule has 1 aliphatic heterocycles. The van der Waals surface area contributed by atoms with E-state index in [0.717, 1.165) is 13.0 Å². The van der Waals surface area contributed by atoms with E-state index in [1.807, 2.05) is 0 Å². The van der Waals surface area contributed by atoms with Crippen molar-refractivity contribution in [3.8, 4) is 0 Å². The van der Waals surface area contributed by atoms with Gasteiger partial charge in [-0.1, -0.05) is 45.0 Å². The third-order valence-corrected chi connectivity index (χ3v) is 5.90. The van der Waals surface area contributed by atoms with Crippen LogP contribution in [0.25, 0.3) is 0 Å². The van der Waals surface area contributed by atoms with E-state index >= 15 is 0 Å². The molecule has 1 aromatic rings. The molecule has 0 aromatic heterocycles. The van der Waals surface area contributed by atoms with E-state index in [0.29, 0.717) is 29.8 Å². The predicted molar refractivity (Wildman–Crippen MR) is 94.9 cm³/mol. The van der Waals surface area contributed by atoms with E-state index in [9.17, 15) is 0 Å². The molecule has 3 heteroatoms. The minimum atomic E-state index is 0.358. The zero-order chi connectivity index (χ0) is 15.4. The minimum Gasteiger partial charge on any atom is -0.329 e. The average molecular weight is 307 g/mol. The van der Waals surface area contributed by atoms with Gasteiger partial charge in [-0.05, 0) is 30.4 Å². The van der Waals surface area contributed by atoms with Crippen LogP contribution in [0.15, 0.2) is 24.3 Å². The van der Waals surface area contributed by atoms with Gasteiger partial charge in [-0.15, -0.1) is 0 Å². The number of hydrogen-bond acceptors (Lipinski definition) is 3. The summed E-state index contributed by atoms with van der Waals surface area (Å²) in [7, 11) is 0. The molecule has 0 aliphatic carbocycles. The van der Waals surface area contributed by atoms with Crippen molar-refractivity contribution in [2.75, 3.05) is 18.8 Å². The molecule has 0 radical (unpaired) electrons. The van der Waals surface area contributed by atoms with Gasteiger partial charge in [0.25, 0.3) is 0 Å². The van der Waals surface area contributed by atoms with E-state index in [-0.39, 0.29) is 0 Å². The lowest BCUT2D eigenvalue weighted by Gasteiger charge is -2.42. The van der Waals surface area contributed by atoms with Crippen LogP contribution in [0.2, 0.25) is 0 Å². The summed E-state index contributed by atoms with van der Waals surface area (Å²) in [6.07, 6.45) is 1.15. The highest BCUT2D eigenvalue weighted by Gasteiger charge is 2.30. The number of nitrogens with two attached hydrogens (primary N) is 1. The topological polar surface area (TPSA) is 29.3 Å². The van der Waals surface area contributed by atoms with Gasteiger partial charge in [0.2, 0.25) is 0 Å². The van der Waals surface area contributed by atoms with Gasteiger partial charge in [0.15, 0.2) is 0 Å². The Balaban J connectivity index is 2.13. The van der Waals surface area contributed by atoms with Crippen LogP contribution < -0.4 is 5.73 Å². The first kappa shape index (κ1) is 16.9. The number of benzene rings is 1. The summed E-state index contributed by atoms with van der Waals surface area (Å²) in [4.78, 5) is 2.60. The molecule has 118 valence electrons. The smallest absolute Gasteiger partial charge is 0.0474 e. The fourth-order valence-corrected chi connectivity index (χ4v) is 4.33. The van der Waals surface area contributed by atoms with Crippen molar-refractivity contribution >= 4 is 11.8 Å². The van der Waals surface area contributed by atoms with E-state index in [4.69, 9.17) is 5.73 Å². The van der Waals surface area contributed by atoms with Crippen molar-refractivity contribution in [3.05, 3.63) is 35.4 Å². The number of rotatable bonds is 5. The lowest BCUT2D eigenvalue weighted by Crippen LogP contribution is -2.48. The van der Waals surface area contributed by atoms with Crippen molar-refractivity contribution in [3.63, 3.8) is 0 Å². The lowest BCUT2D eigenvalue weighted by molar-refractivity contribution is 0.150. The average Bonchev–Trinajstić information content (AvgIpc) is 2.45. The zero-order valence-corrected chi connectivity index (χ0v) is 14.7. The lowest BCUT2D eigenvalue weighted by atomic mass is 9.97. The van der Waals surface area contributed by atoms with Gasteiger partial charge in [0.1, 0.15) is 0 Å². The Morgan fingerprint density at radius 1 is 1.24 bits per heavy atom. The fourth-order valence-electron chi connectivity index (χ4n) is 3.21. The molecule has 0 bridgehead atoms. The van der Waals surface area contributed by atoms with Crippen molar-refractivity contribution in [1.82, 2.24) is 4.90 Å². The fraction of sp³-hybridized carbons (Fsp3) is 0.667. The van der Waals surface area contributed by atoms with Crippen LogP contribution in [0.1, 0.15) is 44.9 Å². The molecule has 3 unspecified atom stereocenters. The maximum absolute atomic E-state index is 6.11. The normalized spacial score (nSPS) is 25.2. The first-order valence-corrected chi connectivity index (χ1v) is 9.24. The molecule has 3 atom stereocenters. The van der Waals surface area contributed by atoms with Crippen molar-refractivity contribution < 1.29 is 0 Å². The Morgan fingerprint density at radius 2 is 1.90 bits per heavy atom. The van der Waals surface area contributed by atoms with Crippen LogP contribution in [-0.2, 0) is 6.42 Å². The molecule has 2 rings (SSSR count). The zero-order valence-electron chi connectivity index (χ0n) is 13.9. The van der Waals surface area contributed by atoms with Gasteiger partial charge in [-0.25, -0.2) is 0 Å². The minimum absolute atomic E-state index is 0.358. The number of thioether (sulfide) groups is 1. The van der Waals surface area contributed by atoms with Crippen molar-refractivity contribution in [1.29, 1.82) is 0 Å². The molecule has 2 N–H and O–H groups in total. The Hall–Kier alpha value is -0.510. The highest BCUT2D eigenvalue weighted by atomic mass is 32.2. The molecule has 1 aliphatic rings. The third-order valence-electron chi connectivity index (χ3n) is 4.56. The summed E-state index contributed by atoms with van der Waals surface area (Å²) < 4.78 is 0. The Bertz CT molecular complexity index is 429. The highest BCUT2D eigenvalue weighted by Crippen LogP contribution is 2.31. The van der Waals surface area contributed by atoms with Crippen LogP contribution in [0.3, 0.4) is 0 Å². The van der Waals surface area contributed by atoms with Crippen molar-refractivity contribution in [2.24, 2.45) is 11.7 Å².